The Bertz CT molecular complexity index is 440. The van der Waals surface area contributed by atoms with Crippen molar-refractivity contribution < 1.29 is 4.79 Å². The van der Waals surface area contributed by atoms with Crippen LogP contribution in [0.2, 0.25) is 5.02 Å². The minimum Gasteiger partial charge on any atom is -0.325 e. The summed E-state index contributed by atoms with van der Waals surface area (Å²) < 4.78 is 0. The van der Waals surface area contributed by atoms with Gasteiger partial charge in [0.25, 0.3) is 0 Å². The molecule has 0 spiro atoms. The van der Waals surface area contributed by atoms with Gasteiger partial charge in [-0.05, 0) is 50.6 Å². The highest BCUT2D eigenvalue weighted by Crippen LogP contribution is 2.20. The number of carbonyl (C=O) groups excluding carboxylic acids is 1. The average Bonchev–Trinajstić information content (AvgIpc) is 2.62. The third-order valence-corrected chi connectivity index (χ3v) is 3.77. The van der Waals surface area contributed by atoms with Crippen molar-refractivity contribution in [2.24, 2.45) is 0 Å². The van der Waals surface area contributed by atoms with Crippen LogP contribution in [0.25, 0.3) is 0 Å². The van der Waals surface area contributed by atoms with Crippen molar-refractivity contribution in [2.45, 2.75) is 32.6 Å². The highest BCUT2D eigenvalue weighted by Gasteiger charge is 2.13. The Morgan fingerprint density at radius 1 is 1.26 bits per heavy atom. The zero-order valence-electron chi connectivity index (χ0n) is 11.4. The molecule has 0 unspecified atom stereocenters. The number of halogens is 1. The topological polar surface area (TPSA) is 32.3 Å². The minimum atomic E-state index is 0.0484. The lowest BCUT2D eigenvalue weighted by Gasteiger charge is -2.19. The molecular weight excluding hydrogens is 260 g/mol. The maximum absolute atomic E-state index is 12.1. The smallest absolute Gasteiger partial charge is 0.238 e. The number of rotatable bonds is 3. The van der Waals surface area contributed by atoms with Gasteiger partial charge in [0.15, 0.2) is 0 Å². The summed E-state index contributed by atoms with van der Waals surface area (Å²) in [6.45, 7) is 4.51. The van der Waals surface area contributed by atoms with E-state index in [4.69, 9.17) is 11.6 Å². The van der Waals surface area contributed by atoms with Crippen LogP contribution < -0.4 is 5.32 Å². The summed E-state index contributed by atoms with van der Waals surface area (Å²) in [5.41, 5.74) is 1.85. The third-order valence-electron chi connectivity index (χ3n) is 3.54. The van der Waals surface area contributed by atoms with E-state index in [1.165, 1.54) is 25.7 Å². The lowest BCUT2D eigenvalue weighted by molar-refractivity contribution is -0.117. The lowest BCUT2D eigenvalue weighted by Crippen LogP contribution is -2.34. The van der Waals surface area contributed by atoms with E-state index in [1.54, 1.807) is 6.07 Å². The van der Waals surface area contributed by atoms with Gasteiger partial charge in [-0.1, -0.05) is 30.5 Å². The minimum absolute atomic E-state index is 0.0484. The molecule has 1 N–H and O–H groups in total. The van der Waals surface area contributed by atoms with Crippen LogP contribution in [0, 0.1) is 6.92 Å². The van der Waals surface area contributed by atoms with Crippen LogP contribution >= 0.6 is 11.6 Å². The SMILES string of the molecule is Cc1ccc(Cl)cc1NC(=O)CN1CCCCCC1. The number of benzene rings is 1. The summed E-state index contributed by atoms with van der Waals surface area (Å²) in [4.78, 5) is 14.3. The Morgan fingerprint density at radius 3 is 2.63 bits per heavy atom. The molecule has 1 aliphatic rings. The monoisotopic (exact) mass is 280 g/mol. The second kappa shape index (κ2) is 6.92. The Kier molecular flexibility index (Phi) is 5.23. The Labute approximate surface area is 119 Å². The summed E-state index contributed by atoms with van der Waals surface area (Å²) in [5, 5.41) is 3.60. The van der Waals surface area contributed by atoms with Crippen molar-refractivity contribution in [1.29, 1.82) is 0 Å². The highest BCUT2D eigenvalue weighted by atomic mass is 35.5. The first-order valence-corrected chi connectivity index (χ1v) is 7.31. The summed E-state index contributed by atoms with van der Waals surface area (Å²) >= 11 is 5.95. The van der Waals surface area contributed by atoms with Gasteiger partial charge in [0.05, 0.1) is 6.54 Å². The van der Waals surface area contributed by atoms with Crippen molar-refractivity contribution in [2.75, 3.05) is 25.0 Å². The molecule has 0 radical (unpaired) electrons. The van der Waals surface area contributed by atoms with Gasteiger partial charge in [-0.2, -0.15) is 0 Å². The van der Waals surface area contributed by atoms with E-state index in [1.807, 2.05) is 19.1 Å². The normalized spacial score (nSPS) is 16.9. The molecule has 1 amide bonds. The molecule has 0 atom stereocenters. The molecule has 0 bridgehead atoms. The molecule has 1 aromatic rings. The quantitative estimate of drug-likeness (QED) is 0.920. The summed E-state index contributed by atoms with van der Waals surface area (Å²) in [6, 6.07) is 5.56. The van der Waals surface area contributed by atoms with Crippen molar-refractivity contribution in [3.63, 3.8) is 0 Å². The second-order valence-corrected chi connectivity index (χ2v) is 5.63. The van der Waals surface area contributed by atoms with Crippen molar-refractivity contribution in [3.05, 3.63) is 28.8 Å². The predicted octanol–water partition coefficient (Wildman–Crippen LogP) is 3.46. The number of carbonyl (C=O) groups is 1. The highest BCUT2D eigenvalue weighted by molar-refractivity contribution is 6.31. The molecule has 4 heteroatoms. The van der Waals surface area contributed by atoms with E-state index >= 15 is 0 Å². The first kappa shape index (κ1) is 14.4. The van der Waals surface area contributed by atoms with Crippen molar-refractivity contribution >= 4 is 23.2 Å². The van der Waals surface area contributed by atoms with Gasteiger partial charge in [-0.25, -0.2) is 0 Å². The number of nitrogens with one attached hydrogen (secondary N) is 1. The number of hydrogen-bond acceptors (Lipinski definition) is 2. The van der Waals surface area contributed by atoms with E-state index in [0.717, 1.165) is 24.3 Å². The Morgan fingerprint density at radius 2 is 1.95 bits per heavy atom. The molecule has 0 saturated carbocycles. The van der Waals surface area contributed by atoms with Crippen LogP contribution in [0.4, 0.5) is 5.69 Å². The Hall–Kier alpha value is -1.06. The molecule has 1 heterocycles. The van der Waals surface area contributed by atoms with Crippen LogP contribution in [-0.4, -0.2) is 30.4 Å². The van der Waals surface area contributed by atoms with Crippen LogP contribution in [0.5, 0.6) is 0 Å². The largest absolute Gasteiger partial charge is 0.325 e. The van der Waals surface area contributed by atoms with Gasteiger partial charge in [-0.3, -0.25) is 9.69 Å². The number of aryl methyl sites for hydroxylation is 1. The van der Waals surface area contributed by atoms with Crippen LogP contribution in [0.3, 0.4) is 0 Å². The maximum atomic E-state index is 12.1. The number of anilines is 1. The molecule has 1 aromatic carbocycles. The fourth-order valence-corrected chi connectivity index (χ4v) is 2.59. The van der Waals surface area contributed by atoms with Crippen LogP contribution in [0.1, 0.15) is 31.2 Å². The molecule has 1 fully saturated rings. The molecule has 3 nitrogen and oxygen atoms in total. The molecule has 1 aliphatic heterocycles. The van der Waals surface area contributed by atoms with E-state index in [2.05, 4.69) is 10.2 Å². The number of hydrogen-bond donors (Lipinski definition) is 1. The van der Waals surface area contributed by atoms with Crippen LogP contribution in [-0.2, 0) is 4.79 Å². The fraction of sp³-hybridized carbons (Fsp3) is 0.533. The molecule has 2 rings (SSSR count). The average molecular weight is 281 g/mol. The van der Waals surface area contributed by atoms with E-state index in [-0.39, 0.29) is 5.91 Å². The van der Waals surface area contributed by atoms with Gasteiger partial charge >= 0.3 is 0 Å². The van der Waals surface area contributed by atoms with E-state index in [0.29, 0.717) is 11.6 Å². The lowest BCUT2D eigenvalue weighted by atomic mass is 10.2. The molecule has 1 saturated heterocycles. The van der Waals surface area contributed by atoms with Gasteiger partial charge in [-0.15, -0.1) is 0 Å². The summed E-state index contributed by atoms with van der Waals surface area (Å²) in [5.74, 6) is 0.0484. The second-order valence-electron chi connectivity index (χ2n) is 5.20. The molecule has 19 heavy (non-hydrogen) atoms. The predicted molar refractivity (Wildman–Crippen MR) is 79.7 cm³/mol. The van der Waals surface area contributed by atoms with Crippen molar-refractivity contribution in [3.8, 4) is 0 Å². The maximum Gasteiger partial charge on any atom is 0.238 e. The number of nitrogens with zero attached hydrogens (tertiary/aromatic N) is 1. The number of likely N-dealkylation sites (tertiary alicyclic amines) is 1. The van der Waals surface area contributed by atoms with Crippen LogP contribution in [0.15, 0.2) is 18.2 Å². The molecule has 0 aromatic heterocycles. The van der Waals surface area contributed by atoms with E-state index in [9.17, 15) is 4.79 Å². The van der Waals surface area contributed by atoms with Crippen molar-refractivity contribution in [1.82, 2.24) is 4.90 Å². The zero-order chi connectivity index (χ0) is 13.7. The number of amides is 1. The first-order valence-electron chi connectivity index (χ1n) is 6.93. The summed E-state index contributed by atoms with van der Waals surface area (Å²) in [6.07, 6.45) is 4.96. The van der Waals surface area contributed by atoms with Gasteiger partial charge in [0, 0.05) is 10.7 Å². The zero-order valence-corrected chi connectivity index (χ0v) is 12.2. The summed E-state index contributed by atoms with van der Waals surface area (Å²) in [7, 11) is 0. The third kappa shape index (κ3) is 4.51. The molecule has 104 valence electrons. The van der Waals surface area contributed by atoms with Gasteiger partial charge in [0.1, 0.15) is 0 Å². The van der Waals surface area contributed by atoms with Gasteiger partial charge in [0.2, 0.25) is 5.91 Å². The van der Waals surface area contributed by atoms with E-state index < -0.39 is 0 Å². The first-order chi connectivity index (χ1) is 9.15. The molecular formula is C15H21ClN2O. The Balaban J connectivity index is 1.91. The molecule has 0 aliphatic carbocycles. The van der Waals surface area contributed by atoms with Gasteiger partial charge < -0.3 is 5.32 Å². The standard InChI is InChI=1S/C15H21ClN2O/c1-12-6-7-13(16)10-14(12)17-15(19)11-18-8-4-2-3-5-9-18/h6-7,10H,2-5,8-9,11H2,1H3,(H,17,19). The fourth-order valence-electron chi connectivity index (χ4n) is 2.42.